The van der Waals surface area contributed by atoms with Gasteiger partial charge in [-0.3, -0.25) is 4.90 Å². The van der Waals surface area contributed by atoms with Crippen LogP contribution in [0, 0.1) is 0 Å². The lowest BCUT2D eigenvalue weighted by Gasteiger charge is -2.13. The third kappa shape index (κ3) is 3.26. The Morgan fingerprint density at radius 2 is 2.14 bits per heavy atom. The maximum absolute atomic E-state index is 5.16. The summed E-state index contributed by atoms with van der Waals surface area (Å²) in [5.41, 5.74) is 2.14. The van der Waals surface area contributed by atoms with Crippen molar-refractivity contribution < 1.29 is 4.74 Å². The molecule has 0 saturated carbocycles. The van der Waals surface area contributed by atoms with Crippen LogP contribution in [-0.2, 0) is 6.54 Å². The summed E-state index contributed by atoms with van der Waals surface area (Å²) in [6, 6.07) is 6.13. The summed E-state index contributed by atoms with van der Waals surface area (Å²) in [6.45, 7) is 0.924. The number of hydrogen-bond donors (Lipinski definition) is 0. The van der Waals surface area contributed by atoms with Gasteiger partial charge in [0.05, 0.1) is 17.0 Å². The molecule has 1 rings (SSSR count). The molecule has 0 aliphatic rings. The molecule has 2 nitrogen and oxygen atoms in total. The van der Waals surface area contributed by atoms with Crippen molar-refractivity contribution in [2.24, 2.45) is 0 Å². The highest BCUT2D eigenvalue weighted by atomic mass is 79.9. The number of benzene rings is 1. The molecule has 0 saturated heterocycles. The molecule has 0 heterocycles. The normalized spacial score (nSPS) is 10.6. The van der Waals surface area contributed by atoms with Gasteiger partial charge in [-0.25, -0.2) is 0 Å². The fourth-order valence-electron chi connectivity index (χ4n) is 1.16. The predicted octanol–water partition coefficient (Wildman–Crippen LogP) is 3.24. The van der Waals surface area contributed by atoms with Crippen molar-refractivity contribution in [3.05, 3.63) is 28.2 Å². The first-order chi connectivity index (χ1) is 6.67. The number of nitrogens with zero attached hydrogens (tertiary/aromatic N) is 1. The summed E-state index contributed by atoms with van der Waals surface area (Å²) in [6.07, 6.45) is 0. The molecular weight excluding hydrogens is 310 g/mol. The van der Waals surface area contributed by atoms with Gasteiger partial charge < -0.3 is 4.74 Å². The molecule has 4 heteroatoms. The Labute approximate surface area is 101 Å². The molecule has 14 heavy (non-hydrogen) atoms. The van der Waals surface area contributed by atoms with E-state index >= 15 is 0 Å². The van der Waals surface area contributed by atoms with Crippen molar-refractivity contribution in [2.75, 3.05) is 19.6 Å². The topological polar surface area (TPSA) is 12.5 Å². The number of alkyl halides is 1. The van der Waals surface area contributed by atoms with Gasteiger partial charge in [0.25, 0.3) is 0 Å². The number of ether oxygens (including phenoxy) is 1. The van der Waals surface area contributed by atoms with Crippen LogP contribution in [-0.4, -0.2) is 24.5 Å². The Morgan fingerprint density at radius 1 is 1.43 bits per heavy atom. The summed E-state index contributed by atoms with van der Waals surface area (Å²) in [5, 5.41) is 0. The molecule has 0 aromatic heterocycles. The highest BCUT2D eigenvalue weighted by Crippen LogP contribution is 2.25. The van der Waals surface area contributed by atoms with Crippen molar-refractivity contribution in [1.29, 1.82) is 0 Å². The summed E-state index contributed by atoms with van der Waals surface area (Å²) >= 11 is 6.87. The minimum atomic E-state index is 0.871. The Kier molecular flexibility index (Phi) is 4.92. The lowest BCUT2D eigenvalue weighted by Crippen LogP contribution is -2.14. The van der Waals surface area contributed by atoms with Gasteiger partial charge in [0, 0.05) is 6.54 Å². The molecule has 1 aromatic rings. The minimum Gasteiger partial charge on any atom is -0.496 e. The Hall–Kier alpha value is -0.0600. The first-order valence-corrected chi connectivity index (χ1v) is 6.15. The largest absolute Gasteiger partial charge is 0.496 e. The second-order valence-electron chi connectivity index (χ2n) is 3.10. The van der Waals surface area contributed by atoms with Crippen LogP contribution in [0.25, 0.3) is 0 Å². The quantitative estimate of drug-likeness (QED) is 0.623. The summed E-state index contributed by atoms with van der Waals surface area (Å²) in [5.74, 6) is 0.871. The average molecular weight is 323 g/mol. The van der Waals surface area contributed by atoms with Crippen LogP contribution in [0.3, 0.4) is 0 Å². The molecule has 0 bridgehead atoms. The summed E-state index contributed by atoms with van der Waals surface area (Å²) in [4.78, 5) is 2.17. The monoisotopic (exact) mass is 321 g/mol. The standard InChI is InChI=1S/C10H13Br2NO/c1-13(7-11)6-8-3-4-10(14-2)9(12)5-8/h3-5H,6-7H2,1-2H3. The van der Waals surface area contributed by atoms with Crippen LogP contribution >= 0.6 is 31.9 Å². The van der Waals surface area contributed by atoms with E-state index in [0.717, 1.165) is 22.2 Å². The zero-order chi connectivity index (χ0) is 10.6. The molecule has 0 aliphatic carbocycles. The van der Waals surface area contributed by atoms with Gasteiger partial charge >= 0.3 is 0 Å². The third-order valence-electron chi connectivity index (χ3n) is 1.87. The summed E-state index contributed by atoms with van der Waals surface area (Å²) in [7, 11) is 3.73. The van der Waals surface area contributed by atoms with Gasteiger partial charge in [-0.1, -0.05) is 22.0 Å². The summed E-state index contributed by atoms with van der Waals surface area (Å²) < 4.78 is 6.16. The van der Waals surface area contributed by atoms with E-state index in [0.29, 0.717) is 0 Å². The van der Waals surface area contributed by atoms with E-state index in [4.69, 9.17) is 4.74 Å². The molecule has 1 aromatic carbocycles. The molecule has 0 spiro atoms. The highest BCUT2D eigenvalue weighted by molar-refractivity contribution is 9.10. The van der Waals surface area contributed by atoms with Crippen molar-refractivity contribution in [2.45, 2.75) is 6.54 Å². The fraction of sp³-hybridized carbons (Fsp3) is 0.400. The van der Waals surface area contributed by atoms with E-state index in [2.05, 4.69) is 55.9 Å². The van der Waals surface area contributed by atoms with Crippen molar-refractivity contribution in [1.82, 2.24) is 4.90 Å². The number of rotatable bonds is 4. The second-order valence-corrected chi connectivity index (χ2v) is 4.46. The molecule has 0 unspecified atom stereocenters. The smallest absolute Gasteiger partial charge is 0.133 e. The first-order valence-electron chi connectivity index (χ1n) is 4.24. The van der Waals surface area contributed by atoms with Crippen LogP contribution in [0.5, 0.6) is 5.75 Å². The minimum absolute atomic E-state index is 0.871. The van der Waals surface area contributed by atoms with Crippen LogP contribution < -0.4 is 4.74 Å². The van der Waals surface area contributed by atoms with Crippen molar-refractivity contribution in [3.63, 3.8) is 0 Å². The molecule has 0 aliphatic heterocycles. The maximum Gasteiger partial charge on any atom is 0.133 e. The van der Waals surface area contributed by atoms with Gasteiger partial charge in [0.2, 0.25) is 0 Å². The van der Waals surface area contributed by atoms with Crippen molar-refractivity contribution in [3.8, 4) is 5.75 Å². The van der Waals surface area contributed by atoms with Gasteiger partial charge in [-0.2, -0.15) is 0 Å². The number of halogens is 2. The molecule has 0 amide bonds. The molecule has 0 fully saturated rings. The average Bonchev–Trinajstić information content (AvgIpc) is 2.18. The molecule has 78 valence electrons. The second kappa shape index (κ2) is 5.73. The molecular formula is C10H13Br2NO. The zero-order valence-corrected chi connectivity index (χ0v) is 11.4. The van der Waals surface area contributed by atoms with Gasteiger partial charge in [0.1, 0.15) is 5.75 Å². The maximum atomic E-state index is 5.16. The van der Waals surface area contributed by atoms with E-state index in [9.17, 15) is 0 Å². The SMILES string of the molecule is COc1ccc(CN(C)CBr)cc1Br. The first kappa shape index (κ1) is 12.0. The van der Waals surface area contributed by atoms with E-state index < -0.39 is 0 Å². The van der Waals surface area contributed by atoms with E-state index in [-0.39, 0.29) is 0 Å². The van der Waals surface area contributed by atoms with E-state index in [1.165, 1.54) is 5.56 Å². The van der Waals surface area contributed by atoms with Crippen LogP contribution in [0.4, 0.5) is 0 Å². The lowest BCUT2D eigenvalue weighted by molar-refractivity contribution is 0.388. The Balaban J connectivity index is 2.76. The van der Waals surface area contributed by atoms with E-state index in [1.807, 2.05) is 6.07 Å². The van der Waals surface area contributed by atoms with Crippen LogP contribution in [0.15, 0.2) is 22.7 Å². The Bertz CT molecular complexity index is 304. The zero-order valence-electron chi connectivity index (χ0n) is 8.26. The van der Waals surface area contributed by atoms with Crippen molar-refractivity contribution >= 4 is 31.9 Å². The highest BCUT2D eigenvalue weighted by Gasteiger charge is 2.03. The molecule has 0 N–H and O–H groups in total. The van der Waals surface area contributed by atoms with Gasteiger partial charge in [-0.15, -0.1) is 0 Å². The predicted molar refractivity (Wildman–Crippen MR) is 66.0 cm³/mol. The van der Waals surface area contributed by atoms with Gasteiger partial charge in [0.15, 0.2) is 0 Å². The molecule has 0 atom stereocenters. The molecule has 0 radical (unpaired) electrons. The fourth-order valence-corrected chi connectivity index (χ4v) is 1.93. The Morgan fingerprint density at radius 3 is 2.64 bits per heavy atom. The van der Waals surface area contributed by atoms with Crippen LogP contribution in [0.2, 0.25) is 0 Å². The van der Waals surface area contributed by atoms with Gasteiger partial charge in [-0.05, 0) is 40.7 Å². The lowest BCUT2D eigenvalue weighted by atomic mass is 10.2. The third-order valence-corrected chi connectivity index (χ3v) is 3.35. The van der Waals surface area contributed by atoms with Crippen LogP contribution in [0.1, 0.15) is 5.56 Å². The number of methoxy groups -OCH3 is 1. The number of hydrogen-bond acceptors (Lipinski definition) is 2. The van der Waals surface area contributed by atoms with E-state index in [1.54, 1.807) is 7.11 Å².